The van der Waals surface area contributed by atoms with E-state index in [1.54, 1.807) is 6.07 Å². The average Bonchev–Trinajstić information content (AvgIpc) is 2.80. The van der Waals surface area contributed by atoms with Crippen LogP contribution in [0.3, 0.4) is 0 Å². The Balaban J connectivity index is 0.00000220. The van der Waals surface area contributed by atoms with Gasteiger partial charge in [-0.15, -0.1) is 12.4 Å². The molecule has 0 saturated heterocycles. The topological polar surface area (TPSA) is 54.3 Å². The average molecular weight is 311 g/mol. The zero-order valence-electron chi connectivity index (χ0n) is 12.9. The van der Waals surface area contributed by atoms with Crippen molar-refractivity contribution in [2.24, 2.45) is 0 Å². The summed E-state index contributed by atoms with van der Waals surface area (Å²) in [4.78, 5) is 12.1. The molecule has 0 bridgehead atoms. The van der Waals surface area contributed by atoms with Crippen LogP contribution >= 0.6 is 12.4 Å². The number of aryl methyl sites for hydroxylation is 2. The lowest BCUT2D eigenvalue weighted by Gasteiger charge is -2.12. The third-order valence-electron chi connectivity index (χ3n) is 3.48. The number of likely N-dealkylation sites (N-methyl/N-ethyl adjacent to an activating group) is 1. The van der Waals surface area contributed by atoms with Crippen LogP contribution in [0.25, 0.3) is 11.0 Å². The van der Waals surface area contributed by atoms with Crippen molar-refractivity contribution in [3.63, 3.8) is 0 Å². The highest BCUT2D eigenvalue weighted by Gasteiger charge is 2.13. The largest absolute Gasteiger partial charge is 0.451 e. The lowest BCUT2D eigenvalue weighted by atomic mass is 10.1. The smallest absolute Gasteiger partial charge is 0.287 e. The van der Waals surface area contributed by atoms with Gasteiger partial charge in [-0.1, -0.05) is 6.92 Å². The zero-order chi connectivity index (χ0) is 14.7. The molecule has 0 unspecified atom stereocenters. The van der Waals surface area contributed by atoms with Gasteiger partial charge in [0.1, 0.15) is 5.58 Å². The van der Waals surface area contributed by atoms with E-state index in [1.807, 2.05) is 32.9 Å². The van der Waals surface area contributed by atoms with E-state index in [0.717, 1.165) is 17.5 Å². The van der Waals surface area contributed by atoms with Crippen LogP contribution in [0.15, 0.2) is 22.6 Å². The summed E-state index contributed by atoms with van der Waals surface area (Å²) in [5, 5.41) is 7.10. The Kier molecular flexibility index (Phi) is 6.24. The second kappa shape index (κ2) is 7.48. The van der Waals surface area contributed by atoms with Gasteiger partial charge in [0.2, 0.25) is 0 Å². The minimum atomic E-state index is -0.166. The monoisotopic (exact) mass is 310 g/mol. The second-order valence-corrected chi connectivity index (χ2v) is 5.25. The highest BCUT2D eigenvalue weighted by atomic mass is 35.5. The maximum Gasteiger partial charge on any atom is 0.287 e. The zero-order valence-corrected chi connectivity index (χ0v) is 13.8. The maximum absolute atomic E-state index is 12.1. The van der Waals surface area contributed by atoms with E-state index in [-0.39, 0.29) is 24.4 Å². The lowest BCUT2D eigenvalue weighted by Crippen LogP contribution is -2.38. The third-order valence-corrected chi connectivity index (χ3v) is 3.48. The normalized spacial score (nSPS) is 12.0. The van der Waals surface area contributed by atoms with Gasteiger partial charge in [-0.25, -0.2) is 0 Å². The summed E-state index contributed by atoms with van der Waals surface area (Å²) in [5.41, 5.74) is 3.13. The quantitative estimate of drug-likeness (QED) is 0.891. The summed E-state index contributed by atoms with van der Waals surface area (Å²) < 4.78 is 5.63. The van der Waals surface area contributed by atoms with Gasteiger partial charge in [-0.3, -0.25) is 4.79 Å². The van der Waals surface area contributed by atoms with Gasteiger partial charge in [-0.2, -0.15) is 0 Å². The number of nitrogens with one attached hydrogen (secondary N) is 2. The van der Waals surface area contributed by atoms with E-state index >= 15 is 0 Å². The van der Waals surface area contributed by atoms with Crippen LogP contribution in [0.4, 0.5) is 0 Å². The molecule has 116 valence electrons. The van der Waals surface area contributed by atoms with Gasteiger partial charge >= 0.3 is 0 Å². The van der Waals surface area contributed by atoms with Crippen LogP contribution in [0.1, 0.15) is 35.5 Å². The number of benzene rings is 1. The van der Waals surface area contributed by atoms with Gasteiger partial charge in [0.05, 0.1) is 0 Å². The first-order valence-electron chi connectivity index (χ1n) is 7.03. The Labute approximate surface area is 131 Å². The van der Waals surface area contributed by atoms with E-state index in [9.17, 15) is 4.79 Å². The molecule has 0 radical (unpaired) electrons. The minimum absolute atomic E-state index is 0. The number of hydrogen-bond donors (Lipinski definition) is 2. The number of halogens is 1. The van der Waals surface area contributed by atoms with Crippen molar-refractivity contribution < 1.29 is 9.21 Å². The molecule has 2 aromatic rings. The first-order valence-corrected chi connectivity index (χ1v) is 7.03. The second-order valence-electron chi connectivity index (χ2n) is 5.25. The molecule has 4 nitrogen and oxygen atoms in total. The molecule has 0 aliphatic rings. The highest BCUT2D eigenvalue weighted by molar-refractivity contribution is 5.96. The first-order chi connectivity index (χ1) is 9.51. The summed E-state index contributed by atoms with van der Waals surface area (Å²) in [6, 6.07) is 6.07. The van der Waals surface area contributed by atoms with Crippen molar-refractivity contribution in [2.45, 2.75) is 33.7 Å². The van der Waals surface area contributed by atoms with E-state index in [2.05, 4.69) is 17.6 Å². The molecule has 5 heteroatoms. The molecule has 2 N–H and O–H groups in total. The molecule has 0 aliphatic heterocycles. The van der Waals surface area contributed by atoms with Crippen molar-refractivity contribution in [1.82, 2.24) is 10.6 Å². The number of carbonyl (C=O) groups is 1. The fourth-order valence-electron chi connectivity index (χ4n) is 2.17. The summed E-state index contributed by atoms with van der Waals surface area (Å²) in [6.07, 6.45) is 0. The molecule has 1 atom stereocenters. The molecule has 1 aromatic heterocycles. The summed E-state index contributed by atoms with van der Waals surface area (Å²) >= 11 is 0. The number of amides is 1. The van der Waals surface area contributed by atoms with Crippen LogP contribution in [-0.4, -0.2) is 25.0 Å². The van der Waals surface area contributed by atoms with Crippen molar-refractivity contribution in [2.75, 3.05) is 13.1 Å². The molecule has 21 heavy (non-hydrogen) atoms. The van der Waals surface area contributed by atoms with E-state index in [4.69, 9.17) is 4.42 Å². The van der Waals surface area contributed by atoms with Crippen LogP contribution < -0.4 is 10.6 Å². The SMILES string of the molecule is CCN[C@H](C)CNC(=O)c1cc2cc(C)c(C)cc2o1.Cl. The lowest BCUT2D eigenvalue weighted by molar-refractivity contribution is 0.0924. The predicted molar refractivity (Wildman–Crippen MR) is 88.4 cm³/mol. The molecule has 1 amide bonds. The fraction of sp³-hybridized carbons (Fsp3) is 0.438. The van der Waals surface area contributed by atoms with Crippen LogP contribution in [0.2, 0.25) is 0 Å². The van der Waals surface area contributed by atoms with Crippen molar-refractivity contribution >= 4 is 29.3 Å². The van der Waals surface area contributed by atoms with Gasteiger partial charge in [0, 0.05) is 18.0 Å². The Morgan fingerprint density at radius 2 is 1.90 bits per heavy atom. The Bertz CT molecular complexity index is 583. The molecular weight excluding hydrogens is 288 g/mol. The van der Waals surface area contributed by atoms with Crippen LogP contribution in [0, 0.1) is 13.8 Å². The maximum atomic E-state index is 12.1. The summed E-state index contributed by atoms with van der Waals surface area (Å²) in [5.74, 6) is 0.204. The first kappa shape index (κ1) is 17.5. The molecule has 0 spiro atoms. The molecule has 1 heterocycles. The van der Waals surface area contributed by atoms with E-state index in [1.165, 1.54) is 11.1 Å². The molecule has 1 aromatic carbocycles. The van der Waals surface area contributed by atoms with Crippen LogP contribution in [0.5, 0.6) is 0 Å². The summed E-state index contributed by atoms with van der Waals surface area (Å²) in [7, 11) is 0. The van der Waals surface area contributed by atoms with E-state index < -0.39 is 0 Å². The Morgan fingerprint density at radius 3 is 2.57 bits per heavy atom. The number of carbonyl (C=O) groups excluding carboxylic acids is 1. The molecule has 2 rings (SSSR count). The van der Waals surface area contributed by atoms with Crippen molar-refractivity contribution in [1.29, 1.82) is 0 Å². The summed E-state index contributed by atoms with van der Waals surface area (Å²) in [6.45, 7) is 9.65. The highest BCUT2D eigenvalue weighted by Crippen LogP contribution is 2.23. The molecule has 0 fully saturated rings. The molecule has 0 aliphatic carbocycles. The Morgan fingerprint density at radius 1 is 1.24 bits per heavy atom. The van der Waals surface area contributed by atoms with Crippen LogP contribution in [-0.2, 0) is 0 Å². The van der Waals surface area contributed by atoms with Gasteiger partial charge in [0.15, 0.2) is 5.76 Å². The molecular formula is C16H23ClN2O2. The Hall–Kier alpha value is -1.52. The number of rotatable bonds is 5. The fourth-order valence-corrected chi connectivity index (χ4v) is 2.17. The number of fused-ring (bicyclic) bond motifs is 1. The minimum Gasteiger partial charge on any atom is -0.451 e. The third kappa shape index (κ3) is 4.22. The standard InChI is InChI=1S/C16H22N2O2.ClH/c1-5-17-12(4)9-18-16(19)15-8-13-6-10(2)11(3)7-14(13)20-15;/h6-8,12,17H,5,9H2,1-4H3,(H,18,19);1H/t12-;/m1./s1. The number of hydrogen-bond acceptors (Lipinski definition) is 3. The van der Waals surface area contributed by atoms with Gasteiger partial charge < -0.3 is 15.1 Å². The van der Waals surface area contributed by atoms with Gasteiger partial charge in [0.25, 0.3) is 5.91 Å². The molecule has 0 saturated carbocycles. The van der Waals surface area contributed by atoms with Gasteiger partial charge in [-0.05, 0) is 56.6 Å². The van der Waals surface area contributed by atoms with Crippen molar-refractivity contribution in [3.8, 4) is 0 Å². The van der Waals surface area contributed by atoms with E-state index in [0.29, 0.717) is 12.3 Å². The van der Waals surface area contributed by atoms with Crippen molar-refractivity contribution in [3.05, 3.63) is 35.1 Å². The predicted octanol–water partition coefficient (Wildman–Crippen LogP) is 3.20. The number of furan rings is 1.